The van der Waals surface area contributed by atoms with Crippen LogP contribution in [-0.2, 0) is 5.33 Å². The summed E-state index contributed by atoms with van der Waals surface area (Å²) in [6.45, 7) is 0. The lowest BCUT2D eigenvalue weighted by molar-refractivity contribution is 1.25. The highest BCUT2D eigenvalue weighted by atomic mass is 79.9. The molecule has 0 unspecified atom stereocenters. The van der Waals surface area contributed by atoms with Crippen LogP contribution in [0.1, 0.15) is 5.56 Å². The van der Waals surface area contributed by atoms with E-state index in [1.165, 1.54) is 0 Å². The summed E-state index contributed by atoms with van der Waals surface area (Å²) in [5.41, 5.74) is 2.75. The molecule has 76 valence electrons. The molecule has 0 atom stereocenters. The fourth-order valence-electron chi connectivity index (χ4n) is 1.29. The quantitative estimate of drug-likeness (QED) is 0.786. The Kier molecular flexibility index (Phi) is 3.34. The first-order chi connectivity index (χ1) is 7.33. The fourth-order valence-corrected chi connectivity index (χ4v) is 2.21. The van der Waals surface area contributed by atoms with E-state index in [-0.39, 0.29) is 0 Å². The number of pyridine rings is 2. The fraction of sp³-hybridized carbons (Fsp3) is 0.0909. The van der Waals surface area contributed by atoms with Crippen molar-refractivity contribution in [2.45, 2.75) is 5.33 Å². The monoisotopic (exact) mass is 282 g/mol. The third-order valence-corrected chi connectivity index (χ3v) is 3.07. The number of hydrogen-bond acceptors (Lipinski definition) is 2. The molecule has 2 nitrogen and oxygen atoms in total. The van der Waals surface area contributed by atoms with Crippen LogP contribution in [0, 0.1) is 0 Å². The second kappa shape index (κ2) is 4.73. The zero-order chi connectivity index (χ0) is 10.7. The SMILES string of the molecule is Clc1c(CBr)ccnc1-c1cccnc1. The van der Waals surface area contributed by atoms with Crippen molar-refractivity contribution in [1.29, 1.82) is 0 Å². The van der Waals surface area contributed by atoms with Crippen LogP contribution < -0.4 is 0 Å². The van der Waals surface area contributed by atoms with Crippen LogP contribution in [0.15, 0.2) is 36.8 Å². The molecule has 0 aliphatic rings. The number of halogens is 2. The van der Waals surface area contributed by atoms with Gasteiger partial charge in [0, 0.05) is 29.5 Å². The maximum atomic E-state index is 6.22. The van der Waals surface area contributed by atoms with Crippen LogP contribution >= 0.6 is 27.5 Å². The Bertz CT molecular complexity index is 459. The maximum absolute atomic E-state index is 6.22. The molecule has 4 heteroatoms. The third-order valence-electron chi connectivity index (χ3n) is 2.05. The van der Waals surface area contributed by atoms with E-state index in [1.807, 2.05) is 18.2 Å². The van der Waals surface area contributed by atoms with E-state index in [4.69, 9.17) is 11.6 Å². The van der Waals surface area contributed by atoms with Gasteiger partial charge in [-0.1, -0.05) is 27.5 Å². The van der Waals surface area contributed by atoms with Crippen molar-refractivity contribution in [3.05, 3.63) is 47.4 Å². The van der Waals surface area contributed by atoms with E-state index in [2.05, 4.69) is 25.9 Å². The zero-order valence-corrected chi connectivity index (χ0v) is 10.2. The second-order valence-corrected chi connectivity index (χ2v) is 3.95. The molecule has 2 rings (SSSR count). The molecule has 2 heterocycles. The van der Waals surface area contributed by atoms with Crippen molar-refractivity contribution < 1.29 is 0 Å². The first kappa shape index (κ1) is 10.6. The molecule has 0 N–H and O–H groups in total. The minimum absolute atomic E-state index is 0.683. The Hall–Kier alpha value is -0.930. The van der Waals surface area contributed by atoms with Crippen LogP contribution in [0.25, 0.3) is 11.3 Å². The summed E-state index contributed by atoms with van der Waals surface area (Å²) < 4.78 is 0. The van der Waals surface area contributed by atoms with Gasteiger partial charge in [-0.05, 0) is 23.8 Å². The molecular weight excluding hydrogens is 275 g/mol. The Morgan fingerprint density at radius 1 is 1.27 bits per heavy atom. The van der Waals surface area contributed by atoms with Crippen LogP contribution in [0.3, 0.4) is 0 Å². The van der Waals surface area contributed by atoms with E-state index >= 15 is 0 Å². The Morgan fingerprint density at radius 2 is 2.13 bits per heavy atom. The molecule has 15 heavy (non-hydrogen) atoms. The molecule has 0 fully saturated rings. The van der Waals surface area contributed by atoms with Crippen LogP contribution in [0.4, 0.5) is 0 Å². The van der Waals surface area contributed by atoms with E-state index in [0.29, 0.717) is 5.02 Å². The van der Waals surface area contributed by atoms with Crippen molar-refractivity contribution in [2.75, 3.05) is 0 Å². The zero-order valence-electron chi connectivity index (χ0n) is 7.82. The first-order valence-corrected chi connectivity index (χ1v) is 5.92. The number of hydrogen-bond donors (Lipinski definition) is 0. The highest BCUT2D eigenvalue weighted by molar-refractivity contribution is 9.08. The summed E-state index contributed by atoms with van der Waals surface area (Å²) in [5, 5.41) is 1.41. The highest BCUT2D eigenvalue weighted by Crippen LogP contribution is 2.28. The molecule has 0 saturated carbocycles. The van der Waals surface area contributed by atoms with Gasteiger partial charge in [-0.3, -0.25) is 9.97 Å². The standard InChI is InChI=1S/C11H8BrClN2/c12-6-8-3-5-15-11(10(8)13)9-2-1-4-14-7-9/h1-5,7H,6H2. The summed E-state index contributed by atoms with van der Waals surface area (Å²) >= 11 is 9.61. The Labute approximate surface area is 101 Å². The molecule has 0 bridgehead atoms. The predicted molar refractivity (Wildman–Crippen MR) is 65.1 cm³/mol. The van der Waals surface area contributed by atoms with Gasteiger partial charge in [0.1, 0.15) is 0 Å². The third kappa shape index (κ3) is 2.19. The van der Waals surface area contributed by atoms with Gasteiger partial charge in [0.15, 0.2) is 0 Å². The van der Waals surface area contributed by atoms with Gasteiger partial charge in [0.05, 0.1) is 10.7 Å². The van der Waals surface area contributed by atoms with Gasteiger partial charge in [-0.2, -0.15) is 0 Å². The molecule has 0 aliphatic heterocycles. The van der Waals surface area contributed by atoms with Crippen molar-refractivity contribution in [1.82, 2.24) is 9.97 Å². The van der Waals surface area contributed by atoms with E-state index in [1.54, 1.807) is 18.6 Å². The molecule has 0 aliphatic carbocycles. The van der Waals surface area contributed by atoms with Crippen molar-refractivity contribution >= 4 is 27.5 Å². The van der Waals surface area contributed by atoms with Gasteiger partial charge in [-0.25, -0.2) is 0 Å². The van der Waals surface area contributed by atoms with Crippen molar-refractivity contribution in [2.24, 2.45) is 0 Å². The van der Waals surface area contributed by atoms with Crippen LogP contribution in [0.2, 0.25) is 5.02 Å². The van der Waals surface area contributed by atoms with Gasteiger partial charge in [-0.15, -0.1) is 0 Å². The number of rotatable bonds is 2. The summed E-state index contributed by atoms with van der Waals surface area (Å²) in [5.74, 6) is 0. The van der Waals surface area contributed by atoms with Crippen LogP contribution in [0.5, 0.6) is 0 Å². The highest BCUT2D eigenvalue weighted by Gasteiger charge is 2.08. The summed E-state index contributed by atoms with van der Waals surface area (Å²) in [6, 6.07) is 5.71. The minimum Gasteiger partial charge on any atom is -0.264 e. The minimum atomic E-state index is 0.683. The second-order valence-electron chi connectivity index (χ2n) is 3.01. The maximum Gasteiger partial charge on any atom is 0.0906 e. The predicted octanol–water partition coefficient (Wildman–Crippen LogP) is 3.69. The smallest absolute Gasteiger partial charge is 0.0906 e. The van der Waals surface area contributed by atoms with Gasteiger partial charge >= 0.3 is 0 Å². The number of nitrogens with zero attached hydrogens (tertiary/aromatic N) is 2. The largest absolute Gasteiger partial charge is 0.264 e. The average molecular weight is 284 g/mol. The molecule has 0 aromatic carbocycles. The van der Waals surface area contributed by atoms with E-state index in [9.17, 15) is 0 Å². The molecule has 0 amide bonds. The Balaban J connectivity index is 2.54. The molecule has 2 aromatic rings. The van der Waals surface area contributed by atoms with Crippen molar-refractivity contribution in [3.63, 3.8) is 0 Å². The lowest BCUT2D eigenvalue weighted by Gasteiger charge is -2.05. The molecule has 0 saturated heterocycles. The van der Waals surface area contributed by atoms with Crippen LogP contribution in [-0.4, -0.2) is 9.97 Å². The normalized spacial score (nSPS) is 10.3. The van der Waals surface area contributed by atoms with Crippen molar-refractivity contribution in [3.8, 4) is 11.3 Å². The number of aromatic nitrogens is 2. The van der Waals surface area contributed by atoms with Gasteiger partial charge in [0.25, 0.3) is 0 Å². The lowest BCUT2D eigenvalue weighted by Crippen LogP contribution is -1.89. The van der Waals surface area contributed by atoms with Gasteiger partial charge < -0.3 is 0 Å². The first-order valence-electron chi connectivity index (χ1n) is 4.42. The summed E-state index contributed by atoms with van der Waals surface area (Å²) in [7, 11) is 0. The average Bonchev–Trinajstić information content (AvgIpc) is 2.30. The topological polar surface area (TPSA) is 25.8 Å². The van der Waals surface area contributed by atoms with E-state index < -0.39 is 0 Å². The number of alkyl halides is 1. The van der Waals surface area contributed by atoms with E-state index in [0.717, 1.165) is 22.2 Å². The molecule has 0 radical (unpaired) electrons. The lowest BCUT2D eigenvalue weighted by atomic mass is 10.1. The summed E-state index contributed by atoms with van der Waals surface area (Å²) in [6.07, 6.45) is 5.24. The summed E-state index contributed by atoms with van der Waals surface area (Å²) in [4.78, 5) is 8.31. The van der Waals surface area contributed by atoms with Gasteiger partial charge in [0.2, 0.25) is 0 Å². The molecule has 0 spiro atoms. The molecular formula is C11H8BrClN2. The molecule has 2 aromatic heterocycles. The Morgan fingerprint density at radius 3 is 2.80 bits per heavy atom.